The standard InChI is InChI=1S/C8H18O3S.H2S/c1-2-3-4-5-6-7-8-12(9,10)11;/h2-8H2,1H3,(H,9,10,11);1H2. The Balaban J connectivity index is 0. The van der Waals surface area contributed by atoms with E-state index < -0.39 is 10.1 Å². The van der Waals surface area contributed by atoms with Gasteiger partial charge in [-0.05, 0) is 6.42 Å². The van der Waals surface area contributed by atoms with Crippen molar-refractivity contribution in [3.63, 3.8) is 0 Å². The molecule has 82 valence electrons. The molecule has 0 rings (SSSR count). The van der Waals surface area contributed by atoms with Gasteiger partial charge in [0, 0.05) is 0 Å². The lowest BCUT2D eigenvalue weighted by atomic mass is 10.1. The highest BCUT2D eigenvalue weighted by atomic mass is 32.2. The molecular formula is C8H20O3S2. The summed E-state index contributed by atoms with van der Waals surface area (Å²) in [5, 5.41) is 0. The summed E-state index contributed by atoms with van der Waals surface area (Å²) in [6.07, 6.45) is 6.14. The summed E-state index contributed by atoms with van der Waals surface area (Å²) in [5.41, 5.74) is 0. The van der Waals surface area contributed by atoms with E-state index in [1.165, 1.54) is 19.3 Å². The summed E-state index contributed by atoms with van der Waals surface area (Å²) in [7, 11) is -3.72. The van der Waals surface area contributed by atoms with E-state index in [1.807, 2.05) is 0 Å². The minimum Gasteiger partial charge on any atom is -0.286 e. The number of hydrogen-bond donors (Lipinski definition) is 1. The zero-order valence-electron chi connectivity index (χ0n) is 8.12. The average Bonchev–Trinajstić information content (AvgIpc) is 1.94. The Morgan fingerprint density at radius 1 is 1.00 bits per heavy atom. The lowest BCUT2D eigenvalue weighted by Crippen LogP contribution is -2.03. The van der Waals surface area contributed by atoms with Crippen molar-refractivity contribution in [2.45, 2.75) is 45.4 Å². The summed E-state index contributed by atoms with van der Waals surface area (Å²) < 4.78 is 28.9. The van der Waals surface area contributed by atoms with Crippen LogP contribution in [-0.2, 0) is 10.1 Å². The maximum absolute atomic E-state index is 10.3. The van der Waals surface area contributed by atoms with Gasteiger partial charge in [0.1, 0.15) is 0 Å². The van der Waals surface area contributed by atoms with Crippen molar-refractivity contribution in [3.05, 3.63) is 0 Å². The van der Waals surface area contributed by atoms with Crippen molar-refractivity contribution in [2.75, 3.05) is 5.75 Å². The third kappa shape index (κ3) is 15.1. The molecule has 0 radical (unpaired) electrons. The van der Waals surface area contributed by atoms with Gasteiger partial charge in [-0.15, -0.1) is 0 Å². The van der Waals surface area contributed by atoms with Crippen LogP contribution in [0.15, 0.2) is 0 Å². The average molecular weight is 228 g/mol. The summed E-state index contributed by atoms with van der Waals surface area (Å²) in [6, 6.07) is 0. The second-order valence-corrected chi connectivity index (χ2v) is 4.63. The molecule has 0 saturated carbocycles. The molecule has 3 nitrogen and oxygen atoms in total. The Kier molecular flexibility index (Phi) is 10.7. The zero-order chi connectivity index (χ0) is 9.45. The van der Waals surface area contributed by atoms with Crippen molar-refractivity contribution in [1.29, 1.82) is 0 Å². The van der Waals surface area contributed by atoms with E-state index in [0.29, 0.717) is 6.42 Å². The van der Waals surface area contributed by atoms with E-state index >= 15 is 0 Å². The molecule has 0 aromatic heterocycles. The van der Waals surface area contributed by atoms with Gasteiger partial charge >= 0.3 is 0 Å². The highest BCUT2D eigenvalue weighted by molar-refractivity contribution is 7.85. The molecule has 0 spiro atoms. The van der Waals surface area contributed by atoms with Crippen molar-refractivity contribution in [1.82, 2.24) is 0 Å². The van der Waals surface area contributed by atoms with E-state index in [4.69, 9.17) is 4.55 Å². The fourth-order valence-corrected chi connectivity index (χ4v) is 1.63. The van der Waals surface area contributed by atoms with Crippen molar-refractivity contribution >= 4 is 23.6 Å². The summed E-state index contributed by atoms with van der Waals surface area (Å²) in [4.78, 5) is 0. The lowest BCUT2D eigenvalue weighted by Gasteiger charge is -1.98. The van der Waals surface area contributed by atoms with Crippen LogP contribution in [0.3, 0.4) is 0 Å². The predicted molar refractivity (Wildman–Crippen MR) is 60.2 cm³/mol. The zero-order valence-corrected chi connectivity index (χ0v) is 9.94. The van der Waals surface area contributed by atoms with Gasteiger partial charge in [0.25, 0.3) is 10.1 Å². The molecule has 0 aromatic rings. The first kappa shape index (κ1) is 15.7. The molecule has 0 unspecified atom stereocenters. The van der Waals surface area contributed by atoms with Crippen molar-refractivity contribution < 1.29 is 13.0 Å². The molecular weight excluding hydrogens is 208 g/mol. The van der Waals surface area contributed by atoms with Crippen LogP contribution in [0.1, 0.15) is 45.4 Å². The number of unbranched alkanes of at least 4 members (excludes halogenated alkanes) is 5. The van der Waals surface area contributed by atoms with Gasteiger partial charge in [0.2, 0.25) is 0 Å². The first-order valence-electron chi connectivity index (χ1n) is 4.51. The molecule has 0 atom stereocenters. The topological polar surface area (TPSA) is 54.4 Å². The predicted octanol–water partition coefficient (Wildman–Crippen LogP) is 2.35. The molecule has 0 bridgehead atoms. The van der Waals surface area contributed by atoms with Gasteiger partial charge in [-0.2, -0.15) is 21.9 Å². The second kappa shape index (κ2) is 8.84. The van der Waals surface area contributed by atoms with Gasteiger partial charge < -0.3 is 0 Å². The molecule has 0 fully saturated rings. The molecule has 0 heterocycles. The Morgan fingerprint density at radius 3 is 1.92 bits per heavy atom. The third-order valence-electron chi connectivity index (χ3n) is 1.76. The maximum atomic E-state index is 10.3. The number of rotatable bonds is 7. The Labute approximate surface area is 88.1 Å². The minimum absolute atomic E-state index is 0. The Morgan fingerprint density at radius 2 is 1.46 bits per heavy atom. The minimum atomic E-state index is -3.72. The highest BCUT2D eigenvalue weighted by Gasteiger charge is 2.02. The molecule has 5 heteroatoms. The van der Waals surface area contributed by atoms with Gasteiger partial charge in [0.05, 0.1) is 5.75 Å². The van der Waals surface area contributed by atoms with E-state index in [2.05, 4.69) is 6.92 Å². The van der Waals surface area contributed by atoms with E-state index in [1.54, 1.807) is 0 Å². The molecule has 0 aliphatic rings. The molecule has 0 aromatic carbocycles. The molecule has 0 saturated heterocycles. The smallest absolute Gasteiger partial charge is 0.264 e. The monoisotopic (exact) mass is 228 g/mol. The molecule has 1 N–H and O–H groups in total. The Hall–Kier alpha value is 0.260. The first-order chi connectivity index (χ1) is 5.56. The van der Waals surface area contributed by atoms with Crippen LogP contribution >= 0.6 is 13.5 Å². The van der Waals surface area contributed by atoms with Crippen LogP contribution < -0.4 is 0 Å². The summed E-state index contributed by atoms with van der Waals surface area (Å²) in [5.74, 6) is -0.0842. The van der Waals surface area contributed by atoms with Gasteiger partial charge in [-0.1, -0.05) is 39.0 Å². The summed E-state index contributed by atoms with van der Waals surface area (Å²) >= 11 is 0. The fraction of sp³-hybridized carbons (Fsp3) is 1.00. The SMILES string of the molecule is CCCCCCCCS(=O)(=O)O.S. The quantitative estimate of drug-likeness (QED) is 0.537. The molecule has 0 amide bonds. The van der Waals surface area contributed by atoms with Crippen LogP contribution in [-0.4, -0.2) is 18.7 Å². The van der Waals surface area contributed by atoms with Crippen molar-refractivity contribution in [2.24, 2.45) is 0 Å². The highest BCUT2D eigenvalue weighted by Crippen LogP contribution is 2.05. The third-order valence-corrected chi connectivity index (χ3v) is 2.56. The van der Waals surface area contributed by atoms with E-state index in [0.717, 1.165) is 12.8 Å². The van der Waals surface area contributed by atoms with Crippen LogP contribution in [0.4, 0.5) is 0 Å². The lowest BCUT2D eigenvalue weighted by molar-refractivity contribution is 0.478. The largest absolute Gasteiger partial charge is 0.286 e. The van der Waals surface area contributed by atoms with Gasteiger partial charge in [-0.25, -0.2) is 0 Å². The normalized spacial score (nSPS) is 10.9. The van der Waals surface area contributed by atoms with Crippen LogP contribution in [0, 0.1) is 0 Å². The van der Waals surface area contributed by atoms with E-state index in [-0.39, 0.29) is 19.2 Å². The van der Waals surface area contributed by atoms with Crippen molar-refractivity contribution in [3.8, 4) is 0 Å². The molecule has 0 aliphatic heterocycles. The van der Waals surface area contributed by atoms with Crippen LogP contribution in [0.5, 0.6) is 0 Å². The Bertz CT molecular complexity index is 188. The van der Waals surface area contributed by atoms with Gasteiger partial charge in [0.15, 0.2) is 0 Å². The van der Waals surface area contributed by atoms with Crippen LogP contribution in [0.2, 0.25) is 0 Å². The maximum Gasteiger partial charge on any atom is 0.264 e. The first-order valence-corrected chi connectivity index (χ1v) is 6.12. The molecule has 13 heavy (non-hydrogen) atoms. The number of hydrogen-bond acceptors (Lipinski definition) is 2. The van der Waals surface area contributed by atoms with Gasteiger partial charge in [-0.3, -0.25) is 4.55 Å². The van der Waals surface area contributed by atoms with Crippen LogP contribution in [0.25, 0.3) is 0 Å². The van der Waals surface area contributed by atoms with E-state index in [9.17, 15) is 8.42 Å². The summed E-state index contributed by atoms with van der Waals surface area (Å²) in [6.45, 7) is 2.14. The molecule has 0 aliphatic carbocycles. The second-order valence-electron chi connectivity index (χ2n) is 3.05. The fourth-order valence-electron chi connectivity index (χ4n) is 1.06.